The number of ether oxygens (including phenoxy) is 1. The van der Waals surface area contributed by atoms with Gasteiger partial charge < -0.3 is 24.3 Å². The normalized spacial score (nSPS) is 22.6. The number of para-hydroxylation sites is 1. The van der Waals surface area contributed by atoms with Gasteiger partial charge in [-0.2, -0.15) is 0 Å². The third-order valence-corrected chi connectivity index (χ3v) is 4.61. The monoisotopic (exact) mass is 341 g/mol. The van der Waals surface area contributed by atoms with Gasteiger partial charge in [-0.3, -0.25) is 4.79 Å². The molecule has 2 atom stereocenters. The Labute approximate surface area is 145 Å². The Kier molecular flexibility index (Phi) is 4.15. The molecular weight excluding hydrogens is 322 g/mol. The van der Waals surface area contributed by atoms with Crippen LogP contribution in [0, 0.1) is 0 Å². The molecule has 0 bridgehead atoms. The van der Waals surface area contributed by atoms with E-state index in [4.69, 9.17) is 9.15 Å². The Balaban J connectivity index is 1.45. The molecule has 0 saturated carbocycles. The summed E-state index contributed by atoms with van der Waals surface area (Å²) < 4.78 is 11.0. The van der Waals surface area contributed by atoms with Crippen LogP contribution >= 0.6 is 0 Å². The van der Waals surface area contributed by atoms with E-state index in [0.29, 0.717) is 32.0 Å². The number of fused-ring (bicyclic) bond motifs is 1. The summed E-state index contributed by atoms with van der Waals surface area (Å²) in [5, 5.41) is 2.87. The maximum absolute atomic E-state index is 12.6. The summed E-state index contributed by atoms with van der Waals surface area (Å²) in [5.74, 6) is 0.154. The van der Waals surface area contributed by atoms with Crippen LogP contribution < -0.4 is 5.32 Å². The first-order chi connectivity index (χ1) is 12.2. The lowest BCUT2D eigenvalue weighted by Crippen LogP contribution is -2.53. The zero-order valence-electron chi connectivity index (χ0n) is 13.6. The highest BCUT2D eigenvalue weighted by Gasteiger charge is 2.44. The molecule has 0 spiro atoms. The number of urea groups is 1. The van der Waals surface area contributed by atoms with Crippen LogP contribution in [0.2, 0.25) is 0 Å². The number of morpholine rings is 1. The molecule has 0 unspecified atom stereocenters. The fraction of sp³-hybridized carbons (Fsp3) is 0.333. The number of nitrogens with one attached hydrogen (secondary N) is 1. The molecule has 2 aromatic rings. The van der Waals surface area contributed by atoms with Crippen molar-refractivity contribution in [2.75, 3.05) is 31.6 Å². The zero-order chi connectivity index (χ0) is 17.2. The Hall–Kier alpha value is -2.80. The first-order valence-corrected chi connectivity index (χ1v) is 8.29. The summed E-state index contributed by atoms with van der Waals surface area (Å²) in [4.78, 5) is 28.6. The average Bonchev–Trinajstić information content (AvgIpc) is 3.31. The van der Waals surface area contributed by atoms with E-state index in [1.54, 1.807) is 21.9 Å². The molecule has 25 heavy (non-hydrogen) atoms. The smallest absolute Gasteiger partial charge is 0.322 e. The highest BCUT2D eigenvalue weighted by Crippen LogP contribution is 2.25. The molecule has 7 nitrogen and oxygen atoms in total. The molecule has 130 valence electrons. The van der Waals surface area contributed by atoms with Crippen molar-refractivity contribution >= 4 is 17.6 Å². The number of hydrogen-bond acceptors (Lipinski definition) is 4. The summed E-state index contributed by atoms with van der Waals surface area (Å²) >= 11 is 0. The van der Waals surface area contributed by atoms with Crippen LogP contribution in [-0.2, 0) is 4.74 Å². The predicted octanol–water partition coefficient (Wildman–Crippen LogP) is 2.04. The molecule has 7 heteroatoms. The molecule has 2 saturated heterocycles. The Morgan fingerprint density at radius 2 is 1.92 bits per heavy atom. The second-order valence-electron chi connectivity index (χ2n) is 6.15. The first kappa shape index (κ1) is 15.7. The fourth-order valence-electron chi connectivity index (χ4n) is 3.37. The molecule has 2 fully saturated rings. The van der Waals surface area contributed by atoms with Gasteiger partial charge >= 0.3 is 6.03 Å². The van der Waals surface area contributed by atoms with Gasteiger partial charge in [-0.1, -0.05) is 18.2 Å². The Morgan fingerprint density at radius 1 is 1.08 bits per heavy atom. The standard InChI is InChI=1S/C18H19N3O4/c22-17(15-7-4-9-24-15)21-8-10-25-16-12-20(11-14(16)21)18(23)19-13-5-2-1-3-6-13/h1-7,9,14,16H,8,10-12H2,(H,19,23)/t14-,16+/m0/s1. The predicted molar refractivity (Wildman–Crippen MR) is 90.3 cm³/mol. The minimum Gasteiger partial charge on any atom is -0.459 e. The van der Waals surface area contributed by atoms with Gasteiger partial charge in [-0.25, -0.2) is 4.79 Å². The van der Waals surface area contributed by atoms with Crippen molar-refractivity contribution in [1.82, 2.24) is 9.80 Å². The molecule has 1 aromatic carbocycles. The number of carbonyl (C=O) groups excluding carboxylic acids is 2. The van der Waals surface area contributed by atoms with Gasteiger partial charge in [0, 0.05) is 18.8 Å². The number of rotatable bonds is 2. The van der Waals surface area contributed by atoms with E-state index in [0.717, 1.165) is 5.69 Å². The van der Waals surface area contributed by atoms with Crippen LogP contribution in [0.25, 0.3) is 0 Å². The van der Waals surface area contributed by atoms with Gasteiger partial charge in [-0.05, 0) is 24.3 Å². The summed E-state index contributed by atoms with van der Waals surface area (Å²) in [6, 6.07) is 12.3. The minimum absolute atomic E-state index is 0.159. The number of hydrogen-bond donors (Lipinski definition) is 1. The van der Waals surface area contributed by atoms with E-state index in [1.165, 1.54) is 6.26 Å². The minimum atomic E-state index is -0.186. The van der Waals surface area contributed by atoms with Crippen LogP contribution in [-0.4, -0.2) is 60.1 Å². The molecule has 2 aliphatic rings. The van der Waals surface area contributed by atoms with Crippen molar-refractivity contribution in [3.63, 3.8) is 0 Å². The van der Waals surface area contributed by atoms with Gasteiger partial charge in [0.2, 0.25) is 0 Å². The highest BCUT2D eigenvalue weighted by atomic mass is 16.5. The van der Waals surface area contributed by atoms with Gasteiger partial charge in [0.25, 0.3) is 5.91 Å². The van der Waals surface area contributed by atoms with Crippen LogP contribution in [0.1, 0.15) is 10.6 Å². The quantitative estimate of drug-likeness (QED) is 0.907. The summed E-state index contributed by atoms with van der Waals surface area (Å²) in [5.41, 5.74) is 0.742. The number of furan rings is 1. The van der Waals surface area contributed by atoms with Crippen molar-refractivity contribution in [3.8, 4) is 0 Å². The highest BCUT2D eigenvalue weighted by molar-refractivity contribution is 5.92. The van der Waals surface area contributed by atoms with Crippen molar-refractivity contribution < 1.29 is 18.7 Å². The molecule has 2 aliphatic heterocycles. The van der Waals surface area contributed by atoms with Gasteiger partial charge in [0.15, 0.2) is 5.76 Å². The van der Waals surface area contributed by atoms with Crippen molar-refractivity contribution in [2.45, 2.75) is 12.1 Å². The lowest BCUT2D eigenvalue weighted by molar-refractivity contribution is -0.0378. The molecule has 3 heterocycles. The van der Waals surface area contributed by atoms with Gasteiger partial charge in [0.05, 0.1) is 31.6 Å². The maximum Gasteiger partial charge on any atom is 0.322 e. The Bertz CT molecular complexity index is 747. The average molecular weight is 341 g/mol. The number of likely N-dealkylation sites (tertiary alicyclic amines) is 1. The largest absolute Gasteiger partial charge is 0.459 e. The van der Waals surface area contributed by atoms with Crippen molar-refractivity contribution in [1.29, 1.82) is 0 Å². The summed E-state index contributed by atoms with van der Waals surface area (Å²) in [6.45, 7) is 1.86. The van der Waals surface area contributed by atoms with Gasteiger partial charge in [0.1, 0.15) is 0 Å². The molecule has 1 N–H and O–H groups in total. The second-order valence-corrected chi connectivity index (χ2v) is 6.15. The van der Waals surface area contributed by atoms with E-state index < -0.39 is 0 Å². The van der Waals surface area contributed by atoms with E-state index in [-0.39, 0.29) is 24.1 Å². The van der Waals surface area contributed by atoms with E-state index >= 15 is 0 Å². The number of benzene rings is 1. The molecule has 3 amide bonds. The van der Waals surface area contributed by atoms with Crippen molar-refractivity contribution in [3.05, 3.63) is 54.5 Å². The number of carbonyl (C=O) groups is 2. The number of anilines is 1. The summed E-state index contributed by atoms with van der Waals surface area (Å²) in [7, 11) is 0. The maximum atomic E-state index is 12.6. The fourth-order valence-corrected chi connectivity index (χ4v) is 3.37. The molecule has 0 aliphatic carbocycles. The van der Waals surface area contributed by atoms with E-state index in [2.05, 4.69) is 5.32 Å². The van der Waals surface area contributed by atoms with E-state index in [1.807, 2.05) is 30.3 Å². The number of amides is 3. The zero-order valence-corrected chi connectivity index (χ0v) is 13.6. The number of nitrogens with zero attached hydrogens (tertiary/aromatic N) is 2. The third kappa shape index (κ3) is 3.10. The van der Waals surface area contributed by atoms with Crippen molar-refractivity contribution in [2.24, 2.45) is 0 Å². The lowest BCUT2D eigenvalue weighted by atomic mass is 10.1. The third-order valence-electron chi connectivity index (χ3n) is 4.61. The van der Waals surface area contributed by atoms with E-state index in [9.17, 15) is 9.59 Å². The van der Waals surface area contributed by atoms with Gasteiger partial charge in [-0.15, -0.1) is 0 Å². The SMILES string of the molecule is O=C(Nc1ccccc1)N1C[C@H]2OCCN(C(=O)c3ccco3)[C@H]2C1. The summed E-state index contributed by atoms with van der Waals surface area (Å²) in [6.07, 6.45) is 1.31. The topological polar surface area (TPSA) is 75.0 Å². The Morgan fingerprint density at radius 3 is 2.68 bits per heavy atom. The molecule has 0 radical (unpaired) electrons. The first-order valence-electron chi connectivity index (χ1n) is 8.29. The molecule has 1 aromatic heterocycles. The lowest BCUT2D eigenvalue weighted by Gasteiger charge is -2.36. The van der Waals surface area contributed by atoms with Crippen LogP contribution in [0.4, 0.5) is 10.5 Å². The van der Waals surface area contributed by atoms with Crippen LogP contribution in [0.3, 0.4) is 0 Å². The van der Waals surface area contributed by atoms with Crippen LogP contribution in [0.5, 0.6) is 0 Å². The molecular formula is C18H19N3O4. The molecule has 4 rings (SSSR count). The second kappa shape index (κ2) is 6.60. The van der Waals surface area contributed by atoms with Crippen LogP contribution in [0.15, 0.2) is 53.1 Å².